The second-order valence-electron chi connectivity index (χ2n) is 12.3. The lowest BCUT2D eigenvalue weighted by Gasteiger charge is -2.33. The summed E-state index contributed by atoms with van der Waals surface area (Å²) in [5, 5.41) is 24.3. The second kappa shape index (κ2) is 20.2. The van der Waals surface area contributed by atoms with Crippen molar-refractivity contribution in [3.63, 3.8) is 0 Å². The third-order valence-corrected chi connectivity index (χ3v) is 9.05. The molecule has 0 radical (unpaired) electrons. The lowest BCUT2D eigenvalue weighted by atomic mass is 9.96. The Morgan fingerprint density at radius 2 is 1.56 bits per heavy atom. The molecule has 0 aliphatic carbocycles. The van der Waals surface area contributed by atoms with E-state index in [1.807, 2.05) is 73.8 Å². The predicted molar refractivity (Wildman–Crippen MR) is 192 cm³/mol. The van der Waals surface area contributed by atoms with Gasteiger partial charge in [0.05, 0.1) is 25.9 Å². The van der Waals surface area contributed by atoms with Crippen molar-refractivity contribution in [3.05, 3.63) is 77.3 Å². The first-order chi connectivity index (χ1) is 23.9. The summed E-state index contributed by atoms with van der Waals surface area (Å²) in [6.07, 6.45) is -0.0396. The number of alkyl carbamates (subject to hydrolysis) is 2. The normalized spacial score (nSPS) is 14.2. The van der Waals surface area contributed by atoms with Crippen LogP contribution in [0.4, 0.5) is 9.59 Å². The zero-order valence-corrected chi connectivity index (χ0v) is 30.4. The van der Waals surface area contributed by atoms with E-state index in [2.05, 4.69) is 26.4 Å². The van der Waals surface area contributed by atoms with Crippen LogP contribution in [-0.2, 0) is 32.0 Å². The molecule has 5 unspecified atom stereocenters. The Bertz CT molecular complexity index is 1490. The van der Waals surface area contributed by atoms with E-state index in [0.717, 1.165) is 21.7 Å². The lowest BCUT2D eigenvalue weighted by Crippen LogP contribution is -2.59. The van der Waals surface area contributed by atoms with Gasteiger partial charge in [-0.3, -0.25) is 15.0 Å². The Labute approximate surface area is 298 Å². The summed E-state index contributed by atoms with van der Waals surface area (Å²) < 4.78 is 9.78. The molecule has 0 saturated heterocycles. The summed E-state index contributed by atoms with van der Waals surface area (Å²) in [6.45, 7) is 9.27. The molecule has 50 heavy (non-hydrogen) atoms. The van der Waals surface area contributed by atoms with Crippen molar-refractivity contribution in [2.24, 2.45) is 11.8 Å². The SMILES string of the molecule is CCOC(=O)NC(C(=O)NN(Cc1ccc(-c2nccs2)cc1)CC(O)C(Cc1ccccc1)NC(=O)C(NC(=O)OC)C(C)CC)C(C)C. The molecule has 272 valence electrons. The number of nitrogens with one attached hydrogen (secondary N) is 4. The number of carbonyl (C=O) groups excluding carboxylic acids is 4. The van der Waals surface area contributed by atoms with Crippen LogP contribution >= 0.6 is 11.3 Å². The number of benzene rings is 2. The van der Waals surface area contributed by atoms with Gasteiger partial charge < -0.3 is 30.5 Å². The zero-order chi connectivity index (χ0) is 36.6. The molecule has 5 N–H and O–H groups in total. The largest absolute Gasteiger partial charge is 0.453 e. The number of hydrogen-bond acceptors (Lipinski definition) is 10. The minimum absolute atomic E-state index is 0.0968. The minimum Gasteiger partial charge on any atom is -0.453 e. The van der Waals surface area contributed by atoms with Crippen molar-refractivity contribution in [1.82, 2.24) is 31.4 Å². The summed E-state index contributed by atoms with van der Waals surface area (Å²) in [4.78, 5) is 56.1. The number of methoxy groups -OCH3 is 1. The molecular formula is C36H50N6O7S. The fourth-order valence-electron chi connectivity index (χ4n) is 5.21. The van der Waals surface area contributed by atoms with E-state index in [9.17, 15) is 24.3 Å². The second-order valence-corrected chi connectivity index (χ2v) is 13.2. The van der Waals surface area contributed by atoms with E-state index in [1.54, 1.807) is 32.0 Å². The van der Waals surface area contributed by atoms with Crippen molar-refractivity contribution in [1.29, 1.82) is 0 Å². The molecule has 5 atom stereocenters. The van der Waals surface area contributed by atoms with Crippen LogP contribution in [0.3, 0.4) is 0 Å². The molecular weight excluding hydrogens is 660 g/mol. The van der Waals surface area contributed by atoms with E-state index < -0.39 is 48.2 Å². The van der Waals surface area contributed by atoms with Gasteiger partial charge in [0.2, 0.25) is 5.91 Å². The van der Waals surface area contributed by atoms with Gasteiger partial charge >= 0.3 is 12.2 Å². The number of ether oxygens (including phenoxy) is 2. The maximum Gasteiger partial charge on any atom is 0.407 e. The van der Waals surface area contributed by atoms with Gasteiger partial charge in [-0.05, 0) is 36.3 Å². The summed E-state index contributed by atoms with van der Waals surface area (Å²) in [5.74, 6) is -1.49. The molecule has 14 heteroatoms. The first-order valence-corrected chi connectivity index (χ1v) is 17.7. The van der Waals surface area contributed by atoms with E-state index in [0.29, 0.717) is 6.42 Å². The maximum atomic E-state index is 13.7. The number of hydrazine groups is 1. The summed E-state index contributed by atoms with van der Waals surface area (Å²) in [6, 6.07) is 14.4. The molecule has 4 amide bonds. The monoisotopic (exact) mass is 710 g/mol. The number of hydrogen-bond donors (Lipinski definition) is 5. The topological polar surface area (TPSA) is 171 Å². The first kappa shape index (κ1) is 39.9. The van der Waals surface area contributed by atoms with Crippen LogP contribution in [0.2, 0.25) is 0 Å². The third-order valence-electron chi connectivity index (χ3n) is 8.23. The predicted octanol–water partition coefficient (Wildman–Crippen LogP) is 4.27. The Morgan fingerprint density at radius 3 is 2.14 bits per heavy atom. The highest BCUT2D eigenvalue weighted by Crippen LogP contribution is 2.22. The third kappa shape index (κ3) is 12.4. The molecule has 3 aromatic rings. The molecule has 0 aliphatic heterocycles. The highest BCUT2D eigenvalue weighted by atomic mass is 32.1. The van der Waals surface area contributed by atoms with Gasteiger partial charge in [0.25, 0.3) is 5.91 Å². The molecule has 3 rings (SSSR count). The van der Waals surface area contributed by atoms with Crippen molar-refractivity contribution >= 4 is 35.3 Å². The van der Waals surface area contributed by atoms with Gasteiger partial charge in [0, 0.05) is 30.2 Å². The Balaban J connectivity index is 1.91. The molecule has 13 nitrogen and oxygen atoms in total. The fourth-order valence-corrected chi connectivity index (χ4v) is 5.86. The van der Waals surface area contributed by atoms with Crippen molar-refractivity contribution < 1.29 is 33.8 Å². The molecule has 2 aromatic carbocycles. The Hall–Kier alpha value is -4.53. The number of aliphatic hydroxyl groups excluding tert-OH is 1. The van der Waals surface area contributed by atoms with Crippen LogP contribution in [0, 0.1) is 11.8 Å². The number of rotatable bonds is 18. The maximum absolute atomic E-state index is 13.7. The summed E-state index contributed by atoms with van der Waals surface area (Å²) >= 11 is 1.52. The van der Waals surface area contributed by atoms with E-state index in [4.69, 9.17) is 9.47 Å². The highest BCUT2D eigenvalue weighted by Gasteiger charge is 2.32. The van der Waals surface area contributed by atoms with Crippen molar-refractivity contribution in [2.45, 2.75) is 78.2 Å². The van der Waals surface area contributed by atoms with E-state index >= 15 is 0 Å². The average molecular weight is 711 g/mol. The van der Waals surface area contributed by atoms with Gasteiger partial charge in [0.1, 0.15) is 17.1 Å². The highest BCUT2D eigenvalue weighted by molar-refractivity contribution is 7.13. The fraction of sp³-hybridized carbons (Fsp3) is 0.472. The lowest BCUT2D eigenvalue weighted by molar-refractivity contribution is -0.131. The van der Waals surface area contributed by atoms with Crippen LogP contribution in [0.1, 0.15) is 52.2 Å². The summed E-state index contributed by atoms with van der Waals surface area (Å²) in [5.41, 5.74) is 5.53. The van der Waals surface area contributed by atoms with Crippen LogP contribution in [0.25, 0.3) is 10.6 Å². The van der Waals surface area contributed by atoms with Gasteiger partial charge in [-0.25, -0.2) is 19.6 Å². The van der Waals surface area contributed by atoms with Gasteiger partial charge in [-0.1, -0.05) is 88.7 Å². The van der Waals surface area contributed by atoms with E-state index in [-0.39, 0.29) is 38.0 Å². The zero-order valence-electron chi connectivity index (χ0n) is 29.5. The molecule has 0 spiro atoms. The average Bonchev–Trinajstić information content (AvgIpc) is 3.64. The summed E-state index contributed by atoms with van der Waals surface area (Å²) in [7, 11) is 1.23. The number of nitrogens with zero attached hydrogens (tertiary/aromatic N) is 2. The Kier molecular flexibility index (Phi) is 16.1. The van der Waals surface area contributed by atoms with Crippen LogP contribution in [0.5, 0.6) is 0 Å². The van der Waals surface area contributed by atoms with E-state index in [1.165, 1.54) is 18.4 Å². The van der Waals surface area contributed by atoms with Gasteiger partial charge in [-0.15, -0.1) is 11.3 Å². The number of amides is 4. The van der Waals surface area contributed by atoms with Crippen LogP contribution in [0.15, 0.2) is 66.2 Å². The van der Waals surface area contributed by atoms with Crippen molar-refractivity contribution in [2.75, 3.05) is 20.3 Å². The standard InChI is InChI=1S/C36H50N6O7S/c1-7-24(5)31(40-35(46)48-6)32(44)38-28(20-25-12-10-9-11-13-25)29(43)22-42(41-33(45)30(23(3)4)39-36(47)49-8-2)21-26-14-16-27(17-15-26)34-37-18-19-50-34/h9-19,23-24,28-31,43H,7-8,20-22H2,1-6H3,(H,38,44)(H,39,47)(H,40,46)(H,41,45). The molecule has 0 bridgehead atoms. The van der Waals surface area contributed by atoms with Gasteiger partial charge in [-0.2, -0.15) is 0 Å². The number of aliphatic hydroxyl groups is 1. The quantitative estimate of drug-likeness (QED) is 0.121. The minimum atomic E-state index is -1.19. The van der Waals surface area contributed by atoms with Crippen LogP contribution in [-0.4, -0.2) is 83.6 Å². The molecule has 0 fully saturated rings. The molecule has 0 aliphatic rings. The molecule has 0 saturated carbocycles. The number of thiazole rings is 1. The van der Waals surface area contributed by atoms with Crippen LogP contribution < -0.4 is 21.4 Å². The number of aromatic nitrogens is 1. The first-order valence-electron chi connectivity index (χ1n) is 16.8. The molecule has 1 heterocycles. The smallest absolute Gasteiger partial charge is 0.407 e. The van der Waals surface area contributed by atoms with Gasteiger partial charge in [0.15, 0.2) is 0 Å². The Morgan fingerprint density at radius 1 is 0.880 bits per heavy atom. The molecule has 1 aromatic heterocycles. The number of carbonyl (C=O) groups is 4. The van der Waals surface area contributed by atoms with Crippen molar-refractivity contribution in [3.8, 4) is 10.6 Å².